The number of hydrogen-bond acceptors (Lipinski definition) is 5. The van der Waals surface area contributed by atoms with Crippen LogP contribution in [-0.4, -0.2) is 71.1 Å². The zero-order valence-corrected chi connectivity index (χ0v) is 23.1. The van der Waals surface area contributed by atoms with E-state index in [2.05, 4.69) is 33.1 Å². The lowest BCUT2D eigenvalue weighted by Gasteiger charge is -2.36. The van der Waals surface area contributed by atoms with Crippen LogP contribution in [0, 0.1) is 12.7 Å². The maximum Gasteiger partial charge on any atom is 0.251 e. The molecule has 1 fully saturated rings. The molecule has 0 spiro atoms. The Labute approximate surface area is 238 Å². The van der Waals surface area contributed by atoms with E-state index in [0.29, 0.717) is 62.6 Å². The summed E-state index contributed by atoms with van der Waals surface area (Å²) in [4.78, 5) is 28.7. The average Bonchev–Trinajstić information content (AvgIpc) is 3.46. The molecule has 1 aliphatic rings. The first-order valence-corrected chi connectivity index (χ1v) is 13.8. The molecule has 1 aliphatic heterocycles. The summed E-state index contributed by atoms with van der Waals surface area (Å²) in [5.41, 5.74) is 3.94. The van der Waals surface area contributed by atoms with Crippen molar-refractivity contribution >= 4 is 22.7 Å². The number of nitrogens with zero attached hydrogens (tertiary/aromatic N) is 3. The van der Waals surface area contributed by atoms with E-state index in [0.717, 1.165) is 22.0 Å². The van der Waals surface area contributed by atoms with Crippen LogP contribution in [0.2, 0.25) is 0 Å². The first kappa shape index (κ1) is 28.0. The van der Waals surface area contributed by atoms with E-state index in [1.54, 1.807) is 48.4 Å². The summed E-state index contributed by atoms with van der Waals surface area (Å²) in [6.45, 7) is 8.90. The quantitative estimate of drug-likeness (QED) is 0.283. The lowest BCUT2D eigenvalue weighted by Crippen LogP contribution is -2.49. The van der Waals surface area contributed by atoms with Gasteiger partial charge < -0.3 is 15.0 Å². The Morgan fingerprint density at radius 1 is 1.10 bits per heavy atom. The fourth-order valence-corrected chi connectivity index (χ4v) is 4.95. The molecular formula is C32H34FN5O3. The molecule has 4 aromatic rings. The largest absolute Gasteiger partial charge is 0.484 e. The van der Waals surface area contributed by atoms with Crippen molar-refractivity contribution in [1.29, 1.82) is 0 Å². The number of rotatable bonds is 10. The third kappa shape index (κ3) is 6.99. The number of carbonyl (C=O) groups is 2. The molecule has 212 valence electrons. The van der Waals surface area contributed by atoms with Gasteiger partial charge in [-0.15, -0.1) is 0 Å². The number of fused-ring (bicyclic) bond motifs is 1. The van der Waals surface area contributed by atoms with Crippen molar-refractivity contribution in [3.63, 3.8) is 0 Å². The number of H-pyrrole nitrogens is 1. The smallest absolute Gasteiger partial charge is 0.251 e. The highest BCUT2D eigenvalue weighted by atomic mass is 19.1. The molecule has 5 rings (SSSR count). The van der Waals surface area contributed by atoms with Crippen LogP contribution in [-0.2, 0) is 11.2 Å². The van der Waals surface area contributed by atoms with Gasteiger partial charge in [-0.3, -0.25) is 19.6 Å². The maximum absolute atomic E-state index is 14.5. The molecule has 1 saturated heterocycles. The Morgan fingerprint density at radius 3 is 2.61 bits per heavy atom. The maximum atomic E-state index is 14.5. The van der Waals surface area contributed by atoms with Gasteiger partial charge in [-0.25, -0.2) is 4.39 Å². The molecule has 1 unspecified atom stereocenters. The van der Waals surface area contributed by atoms with Crippen LogP contribution in [0.1, 0.15) is 33.2 Å². The van der Waals surface area contributed by atoms with Gasteiger partial charge in [0.15, 0.2) is 0 Å². The second kappa shape index (κ2) is 12.8. The zero-order valence-electron chi connectivity index (χ0n) is 23.1. The summed E-state index contributed by atoms with van der Waals surface area (Å²) < 4.78 is 20.8. The molecule has 2 N–H and O–H groups in total. The van der Waals surface area contributed by atoms with Crippen LogP contribution in [0.15, 0.2) is 79.5 Å². The second-order valence-corrected chi connectivity index (χ2v) is 10.3. The lowest BCUT2D eigenvalue weighted by molar-refractivity contribution is -0.127. The molecule has 9 heteroatoms. The van der Waals surface area contributed by atoms with Crippen molar-refractivity contribution in [3.8, 4) is 5.75 Å². The van der Waals surface area contributed by atoms with Gasteiger partial charge >= 0.3 is 0 Å². The number of ether oxygens (including phenoxy) is 1. The average molecular weight is 556 g/mol. The number of halogens is 1. The summed E-state index contributed by atoms with van der Waals surface area (Å²) in [5.74, 6) is 0.0681. The number of benzene rings is 3. The fourth-order valence-electron chi connectivity index (χ4n) is 4.95. The highest BCUT2D eigenvalue weighted by molar-refractivity contribution is 5.94. The Kier molecular flexibility index (Phi) is 8.74. The van der Waals surface area contributed by atoms with Crippen molar-refractivity contribution in [3.05, 3.63) is 108 Å². The summed E-state index contributed by atoms with van der Waals surface area (Å²) in [7, 11) is 0. The van der Waals surface area contributed by atoms with Gasteiger partial charge in [0, 0.05) is 50.2 Å². The van der Waals surface area contributed by atoms with Gasteiger partial charge in [-0.2, -0.15) is 5.10 Å². The van der Waals surface area contributed by atoms with E-state index < -0.39 is 6.10 Å². The van der Waals surface area contributed by atoms with Gasteiger partial charge in [-0.1, -0.05) is 24.8 Å². The second-order valence-electron chi connectivity index (χ2n) is 10.3. The van der Waals surface area contributed by atoms with E-state index >= 15 is 0 Å². The Morgan fingerprint density at radius 2 is 1.88 bits per heavy atom. The van der Waals surface area contributed by atoms with E-state index in [1.807, 2.05) is 18.2 Å². The summed E-state index contributed by atoms with van der Waals surface area (Å²) >= 11 is 0. The van der Waals surface area contributed by atoms with Crippen LogP contribution >= 0.6 is 0 Å². The minimum Gasteiger partial charge on any atom is -0.484 e. The molecular weight excluding hydrogens is 521 g/mol. The molecule has 0 saturated carbocycles. The molecule has 3 aromatic carbocycles. The minimum atomic E-state index is -0.431. The molecule has 2 heterocycles. The summed E-state index contributed by atoms with van der Waals surface area (Å²) in [5, 5.41) is 11.0. The predicted octanol–water partition coefficient (Wildman–Crippen LogP) is 4.43. The van der Waals surface area contributed by atoms with Crippen LogP contribution in [0.3, 0.4) is 0 Å². The Bertz CT molecular complexity index is 1530. The lowest BCUT2D eigenvalue weighted by atomic mass is 10.1. The van der Waals surface area contributed by atoms with Crippen molar-refractivity contribution in [2.45, 2.75) is 19.4 Å². The van der Waals surface area contributed by atoms with Gasteiger partial charge in [-0.05, 0) is 78.6 Å². The molecule has 41 heavy (non-hydrogen) atoms. The predicted molar refractivity (Wildman–Crippen MR) is 156 cm³/mol. The van der Waals surface area contributed by atoms with Crippen molar-refractivity contribution in [2.75, 3.05) is 39.3 Å². The van der Waals surface area contributed by atoms with Crippen LogP contribution in [0.5, 0.6) is 5.75 Å². The highest BCUT2D eigenvalue weighted by Gasteiger charge is 2.24. The molecule has 1 aromatic heterocycles. The van der Waals surface area contributed by atoms with Crippen LogP contribution in [0.4, 0.5) is 4.39 Å². The summed E-state index contributed by atoms with van der Waals surface area (Å²) in [6, 6.07) is 18.2. The van der Waals surface area contributed by atoms with E-state index in [9.17, 15) is 14.0 Å². The number of piperazine rings is 1. The monoisotopic (exact) mass is 555 g/mol. The van der Waals surface area contributed by atoms with E-state index in [-0.39, 0.29) is 17.6 Å². The first-order chi connectivity index (χ1) is 19.9. The molecule has 8 nitrogen and oxygen atoms in total. The number of aromatic amines is 1. The topological polar surface area (TPSA) is 90.6 Å². The first-order valence-electron chi connectivity index (χ1n) is 13.8. The van der Waals surface area contributed by atoms with Gasteiger partial charge in [0.25, 0.3) is 5.91 Å². The number of aromatic nitrogens is 2. The van der Waals surface area contributed by atoms with Crippen molar-refractivity contribution < 1.29 is 18.7 Å². The number of nitrogens with one attached hydrogen (secondary N) is 2. The third-order valence-corrected chi connectivity index (χ3v) is 7.45. The summed E-state index contributed by atoms with van der Waals surface area (Å²) in [6.07, 6.45) is 3.40. The van der Waals surface area contributed by atoms with Crippen LogP contribution < -0.4 is 10.1 Å². The fraction of sp³-hybridized carbons (Fsp3) is 0.281. The SMILES string of the molecule is C=CC(=O)N1CCN(CC(Oc2ccc(C(=O)NCCc3ccc4[nH]ncc4c3)cc2)c2ccc(C)c(F)c2)CC1. The third-order valence-electron chi connectivity index (χ3n) is 7.45. The van der Waals surface area contributed by atoms with Gasteiger partial charge in [0.05, 0.1) is 11.7 Å². The molecule has 0 radical (unpaired) electrons. The molecule has 1 atom stereocenters. The molecule has 2 amide bonds. The number of amides is 2. The number of aryl methyl sites for hydroxylation is 1. The standard InChI is InChI=1S/C32H34FN5O3/c1-3-31(39)38-16-14-37(15-17-38)21-30(25-6-4-22(2)28(33)19-25)41-27-9-7-24(8-10-27)32(40)34-13-12-23-5-11-29-26(18-23)20-35-36-29/h3-11,18-20,30H,1,12-17,21H2,2H3,(H,34,40)(H,35,36). The Hall–Kier alpha value is -4.50. The molecule has 0 bridgehead atoms. The molecule has 0 aliphatic carbocycles. The normalized spacial score (nSPS) is 14.5. The Balaban J connectivity index is 1.20. The number of carbonyl (C=O) groups excluding carboxylic acids is 2. The van der Waals surface area contributed by atoms with E-state index in [1.165, 1.54) is 12.1 Å². The van der Waals surface area contributed by atoms with Crippen LogP contribution in [0.25, 0.3) is 10.9 Å². The van der Waals surface area contributed by atoms with Crippen molar-refractivity contribution in [2.24, 2.45) is 0 Å². The zero-order chi connectivity index (χ0) is 28.8. The minimum absolute atomic E-state index is 0.0714. The van der Waals surface area contributed by atoms with Crippen molar-refractivity contribution in [1.82, 2.24) is 25.3 Å². The van der Waals surface area contributed by atoms with Gasteiger partial charge in [0.2, 0.25) is 5.91 Å². The van der Waals surface area contributed by atoms with Gasteiger partial charge in [0.1, 0.15) is 17.7 Å². The highest BCUT2D eigenvalue weighted by Crippen LogP contribution is 2.26. The van der Waals surface area contributed by atoms with E-state index in [4.69, 9.17) is 4.74 Å². The number of hydrogen-bond donors (Lipinski definition) is 2.